The molecular formula is C28H35N3O5. The molecule has 0 spiro atoms. The number of nitrogens with one attached hydrogen (secondary N) is 1. The van der Waals surface area contributed by atoms with Gasteiger partial charge in [0.1, 0.15) is 0 Å². The van der Waals surface area contributed by atoms with E-state index in [2.05, 4.69) is 10.2 Å². The fourth-order valence-electron chi connectivity index (χ4n) is 5.53. The summed E-state index contributed by atoms with van der Waals surface area (Å²) in [6.45, 7) is 4.75. The number of aliphatic hydroxyl groups is 1. The zero-order chi connectivity index (χ0) is 25.1. The molecule has 0 unspecified atom stereocenters. The summed E-state index contributed by atoms with van der Waals surface area (Å²) in [5.41, 5.74) is 4.60. The van der Waals surface area contributed by atoms with Crippen LogP contribution in [0.4, 0.5) is 0 Å². The van der Waals surface area contributed by atoms with E-state index >= 15 is 0 Å². The van der Waals surface area contributed by atoms with Crippen LogP contribution in [0.25, 0.3) is 0 Å². The minimum Gasteiger partial charge on any atom is -0.493 e. The van der Waals surface area contributed by atoms with E-state index in [-0.39, 0.29) is 24.0 Å². The van der Waals surface area contributed by atoms with Gasteiger partial charge in [0.05, 0.1) is 45.3 Å². The Balaban J connectivity index is 1.36. The number of hydrogen-bond donors (Lipinski definition) is 2. The predicted octanol–water partition coefficient (Wildman–Crippen LogP) is 2.61. The molecule has 2 heterocycles. The lowest BCUT2D eigenvalue weighted by molar-refractivity contribution is 0.0383. The third-order valence-corrected chi connectivity index (χ3v) is 7.53. The summed E-state index contributed by atoms with van der Waals surface area (Å²) in [5, 5.41) is 13.4. The molecule has 2 aromatic carbocycles. The number of aliphatic imine (C=N–C) groups is 1. The van der Waals surface area contributed by atoms with E-state index in [1.807, 2.05) is 36.4 Å². The van der Waals surface area contributed by atoms with Gasteiger partial charge in [0.25, 0.3) is 5.91 Å². The number of rotatable bonds is 7. The molecule has 1 saturated carbocycles. The van der Waals surface area contributed by atoms with Crippen molar-refractivity contribution in [1.82, 2.24) is 10.2 Å². The molecule has 1 aliphatic carbocycles. The Morgan fingerprint density at radius 3 is 2.56 bits per heavy atom. The Hall–Kier alpha value is -2.94. The van der Waals surface area contributed by atoms with E-state index < -0.39 is 0 Å². The Bertz CT molecular complexity index is 1110. The molecule has 0 bridgehead atoms. The lowest BCUT2D eigenvalue weighted by Gasteiger charge is -2.37. The summed E-state index contributed by atoms with van der Waals surface area (Å²) in [4.78, 5) is 20.2. The summed E-state index contributed by atoms with van der Waals surface area (Å²) >= 11 is 0. The van der Waals surface area contributed by atoms with Crippen LogP contribution in [0.5, 0.6) is 11.5 Å². The largest absolute Gasteiger partial charge is 0.493 e. The van der Waals surface area contributed by atoms with Gasteiger partial charge in [0.15, 0.2) is 11.5 Å². The van der Waals surface area contributed by atoms with Crippen molar-refractivity contribution in [2.75, 3.05) is 53.6 Å². The van der Waals surface area contributed by atoms with Crippen LogP contribution < -0.4 is 14.8 Å². The highest BCUT2D eigenvalue weighted by atomic mass is 16.5. The van der Waals surface area contributed by atoms with Gasteiger partial charge in [-0.3, -0.25) is 14.7 Å². The second kappa shape index (κ2) is 11.0. The third-order valence-electron chi connectivity index (χ3n) is 7.53. The summed E-state index contributed by atoms with van der Waals surface area (Å²) in [7, 11) is 3.27. The summed E-state index contributed by atoms with van der Waals surface area (Å²) < 4.78 is 16.5. The molecule has 36 heavy (non-hydrogen) atoms. The molecule has 8 nitrogen and oxygen atoms in total. The normalized spacial score (nSPS) is 23.8. The fourth-order valence-corrected chi connectivity index (χ4v) is 5.53. The van der Waals surface area contributed by atoms with Crippen LogP contribution in [0.2, 0.25) is 0 Å². The molecule has 0 aromatic heterocycles. The molecule has 2 aliphatic heterocycles. The SMILES string of the molecule is COc1cc2c(cc1OC)[C@H]1C[C@H](O)CC[C@H]1N=C2c1ccc(C(=O)NCCN2CCOCC2)cc1. The number of hydrogen-bond acceptors (Lipinski definition) is 7. The minimum absolute atomic E-state index is 0.0754. The standard InChI is InChI=1S/C28H35N3O5/c1-34-25-16-21-22-15-20(32)7-8-24(22)30-27(23(21)17-26(25)35-2)18-3-5-19(6-4-18)28(33)29-9-10-31-11-13-36-14-12-31/h3-6,16-17,20,22,24,32H,7-15H2,1-2H3,(H,29,33)/t20-,22-,24-/m1/s1. The number of carbonyl (C=O) groups is 1. The van der Waals surface area contributed by atoms with Crippen LogP contribution in [0.3, 0.4) is 0 Å². The number of ether oxygens (including phenoxy) is 3. The number of carbonyl (C=O) groups excluding carboxylic acids is 1. The number of benzene rings is 2. The molecule has 192 valence electrons. The highest BCUT2D eigenvalue weighted by molar-refractivity contribution is 6.15. The van der Waals surface area contributed by atoms with Crippen molar-refractivity contribution in [3.63, 3.8) is 0 Å². The molecule has 5 rings (SSSR count). The summed E-state index contributed by atoms with van der Waals surface area (Å²) in [6.07, 6.45) is 1.97. The number of aliphatic hydroxyl groups excluding tert-OH is 1. The number of methoxy groups -OCH3 is 2. The number of morpholine rings is 1. The Kier molecular flexibility index (Phi) is 7.55. The number of fused-ring (bicyclic) bond motifs is 3. The predicted molar refractivity (Wildman–Crippen MR) is 138 cm³/mol. The topological polar surface area (TPSA) is 92.6 Å². The van der Waals surface area contributed by atoms with Crippen LogP contribution in [0, 0.1) is 0 Å². The second-order valence-electron chi connectivity index (χ2n) is 9.70. The molecule has 1 amide bonds. The fraction of sp³-hybridized carbons (Fsp3) is 0.500. The maximum Gasteiger partial charge on any atom is 0.251 e. The highest BCUT2D eigenvalue weighted by Gasteiger charge is 2.37. The van der Waals surface area contributed by atoms with Crippen LogP contribution in [-0.4, -0.2) is 87.4 Å². The van der Waals surface area contributed by atoms with E-state index in [1.165, 1.54) is 0 Å². The summed E-state index contributed by atoms with van der Waals surface area (Å²) in [5.74, 6) is 1.40. The highest BCUT2D eigenvalue weighted by Crippen LogP contribution is 2.44. The van der Waals surface area contributed by atoms with Gasteiger partial charge >= 0.3 is 0 Å². The van der Waals surface area contributed by atoms with Crippen molar-refractivity contribution in [2.24, 2.45) is 4.99 Å². The maximum atomic E-state index is 12.7. The molecule has 3 aliphatic rings. The third kappa shape index (κ3) is 5.12. The van der Waals surface area contributed by atoms with E-state index in [9.17, 15) is 9.90 Å². The molecule has 2 N–H and O–H groups in total. The van der Waals surface area contributed by atoms with Gasteiger partial charge in [0, 0.05) is 48.8 Å². The monoisotopic (exact) mass is 493 g/mol. The van der Waals surface area contributed by atoms with E-state index in [4.69, 9.17) is 19.2 Å². The van der Waals surface area contributed by atoms with Crippen molar-refractivity contribution in [1.29, 1.82) is 0 Å². The lowest BCUT2D eigenvalue weighted by Crippen LogP contribution is -2.41. The Morgan fingerprint density at radius 2 is 1.83 bits per heavy atom. The van der Waals surface area contributed by atoms with E-state index in [1.54, 1.807) is 14.2 Å². The second-order valence-corrected chi connectivity index (χ2v) is 9.70. The molecule has 2 aromatic rings. The first-order valence-electron chi connectivity index (χ1n) is 12.8. The van der Waals surface area contributed by atoms with Gasteiger partial charge < -0.3 is 24.6 Å². The quantitative estimate of drug-likeness (QED) is 0.616. The van der Waals surface area contributed by atoms with Gasteiger partial charge in [-0.15, -0.1) is 0 Å². The van der Waals surface area contributed by atoms with Gasteiger partial charge in [-0.05, 0) is 49.1 Å². The van der Waals surface area contributed by atoms with Gasteiger partial charge in [0.2, 0.25) is 0 Å². The van der Waals surface area contributed by atoms with Gasteiger partial charge in [-0.25, -0.2) is 0 Å². The van der Waals surface area contributed by atoms with Crippen molar-refractivity contribution in [2.45, 2.75) is 37.3 Å². The average Bonchev–Trinajstić information content (AvgIpc) is 2.92. The number of nitrogens with zero attached hydrogens (tertiary/aromatic N) is 2. The Labute approximate surface area is 212 Å². The minimum atomic E-state index is -0.315. The van der Waals surface area contributed by atoms with Gasteiger partial charge in [-0.2, -0.15) is 0 Å². The maximum absolute atomic E-state index is 12.7. The zero-order valence-corrected chi connectivity index (χ0v) is 21.0. The van der Waals surface area contributed by atoms with Crippen LogP contribution in [-0.2, 0) is 4.74 Å². The van der Waals surface area contributed by atoms with Gasteiger partial charge in [-0.1, -0.05) is 12.1 Å². The van der Waals surface area contributed by atoms with Crippen molar-refractivity contribution >= 4 is 11.6 Å². The van der Waals surface area contributed by atoms with Crippen LogP contribution in [0.1, 0.15) is 52.2 Å². The first-order chi connectivity index (χ1) is 17.6. The molecular weight excluding hydrogens is 458 g/mol. The zero-order valence-electron chi connectivity index (χ0n) is 21.0. The molecule has 3 atom stereocenters. The van der Waals surface area contributed by atoms with Crippen molar-refractivity contribution < 1.29 is 24.1 Å². The molecule has 1 saturated heterocycles. The summed E-state index contributed by atoms with van der Waals surface area (Å²) in [6, 6.07) is 11.8. The molecule has 0 radical (unpaired) electrons. The lowest BCUT2D eigenvalue weighted by atomic mass is 9.74. The van der Waals surface area contributed by atoms with Crippen LogP contribution in [0.15, 0.2) is 41.4 Å². The first-order valence-corrected chi connectivity index (χ1v) is 12.8. The van der Waals surface area contributed by atoms with Crippen molar-refractivity contribution in [3.05, 3.63) is 58.7 Å². The average molecular weight is 494 g/mol. The molecule has 2 fully saturated rings. The van der Waals surface area contributed by atoms with E-state index in [0.717, 1.165) is 68.1 Å². The van der Waals surface area contributed by atoms with E-state index in [0.29, 0.717) is 30.0 Å². The van der Waals surface area contributed by atoms with Crippen LogP contribution >= 0.6 is 0 Å². The smallest absolute Gasteiger partial charge is 0.251 e. The van der Waals surface area contributed by atoms with Crippen molar-refractivity contribution in [3.8, 4) is 11.5 Å². The Morgan fingerprint density at radius 1 is 1.11 bits per heavy atom. The first kappa shape index (κ1) is 24.7. The molecule has 8 heteroatoms. The number of amides is 1.